The molecule has 0 aliphatic carbocycles. The first-order valence-corrected chi connectivity index (χ1v) is 5.82. The van der Waals surface area contributed by atoms with Crippen molar-refractivity contribution >= 4 is 21.6 Å². The number of halogens is 1. The van der Waals surface area contributed by atoms with Gasteiger partial charge in [0.2, 0.25) is 0 Å². The molecule has 0 spiro atoms. The molecule has 0 bridgehead atoms. The van der Waals surface area contributed by atoms with Gasteiger partial charge >= 0.3 is 5.69 Å². The number of aromatic nitrogens is 2. The number of benzene rings is 1. The summed E-state index contributed by atoms with van der Waals surface area (Å²) in [6.45, 7) is 0.231. The Morgan fingerprint density at radius 2 is 2.17 bits per heavy atom. The Kier molecular flexibility index (Phi) is 3.52. The van der Waals surface area contributed by atoms with E-state index in [0.29, 0.717) is 10.0 Å². The van der Waals surface area contributed by atoms with Crippen LogP contribution in [0.5, 0.6) is 0 Å². The average Bonchev–Trinajstić information content (AvgIpc) is 2.34. The lowest BCUT2D eigenvalue weighted by atomic mass is 10.2. The molecule has 1 heterocycles. The summed E-state index contributed by atoms with van der Waals surface area (Å²) < 4.78 is 1.76. The molecule has 6 nitrogen and oxygen atoms in total. The first-order valence-electron chi connectivity index (χ1n) is 5.03. The molecular weight excluding hydrogens is 302 g/mol. The molecule has 1 aromatic heterocycles. The predicted octanol–water partition coefficient (Wildman–Crippen LogP) is 1.96. The molecule has 92 valence electrons. The van der Waals surface area contributed by atoms with Crippen molar-refractivity contribution in [3.05, 3.63) is 67.3 Å². The van der Waals surface area contributed by atoms with E-state index in [4.69, 9.17) is 0 Å². The number of nitrogens with zero attached hydrogens (tertiary/aromatic N) is 3. The zero-order valence-corrected chi connectivity index (χ0v) is 10.7. The standard InChI is InChI=1S/C11H8BrN3O3/c12-10-8(3-1-4-9(10)15(17)18)7-14-6-2-5-13-11(14)16/h1-6H,7H2. The highest BCUT2D eigenvalue weighted by atomic mass is 79.9. The average molecular weight is 310 g/mol. The maximum atomic E-state index is 11.5. The SMILES string of the molecule is O=c1ncccn1Cc1cccc([N+](=O)[O-])c1Br. The zero-order valence-electron chi connectivity index (χ0n) is 9.12. The fourth-order valence-electron chi connectivity index (χ4n) is 1.52. The van der Waals surface area contributed by atoms with E-state index in [2.05, 4.69) is 20.9 Å². The van der Waals surface area contributed by atoms with Crippen LogP contribution >= 0.6 is 15.9 Å². The number of nitro groups is 1. The van der Waals surface area contributed by atoms with Crippen LogP contribution in [0.15, 0.2) is 45.9 Å². The quantitative estimate of drug-likeness (QED) is 0.641. The van der Waals surface area contributed by atoms with E-state index < -0.39 is 10.6 Å². The molecule has 0 N–H and O–H groups in total. The van der Waals surface area contributed by atoms with Gasteiger partial charge in [-0.3, -0.25) is 14.7 Å². The highest BCUT2D eigenvalue weighted by Gasteiger charge is 2.15. The van der Waals surface area contributed by atoms with Crippen LogP contribution < -0.4 is 5.69 Å². The minimum atomic E-state index is -0.473. The summed E-state index contributed by atoms with van der Waals surface area (Å²) in [5, 5.41) is 10.8. The van der Waals surface area contributed by atoms with Crippen molar-refractivity contribution in [3.63, 3.8) is 0 Å². The minimum absolute atomic E-state index is 0.0237. The molecule has 2 rings (SSSR count). The van der Waals surface area contributed by atoms with Gasteiger partial charge in [0.25, 0.3) is 5.69 Å². The molecular formula is C11H8BrN3O3. The van der Waals surface area contributed by atoms with Crippen molar-refractivity contribution in [1.82, 2.24) is 9.55 Å². The molecule has 7 heteroatoms. The van der Waals surface area contributed by atoms with Crippen molar-refractivity contribution in [2.45, 2.75) is 6.54 Å². The summed E-state index contributed by atoms with van der Waals surface area (Å²) in [7, 11) is 0. The Bertz CT molecular complexity index is 654. The maximum Gasteiger partial charge on any atom is 0.347 e. The molecule has 0 unspecified atom stereocenters. The van der Waals surface area contributed by atoms with Crippen LogP contribution in [0, 0.1) is 10.1 Å². The molecule has 0 atom stereocenters. The molecule has 0 amide bonds. The number of rotatable bonds is 3. The first kappa shape index (κ1) is 12.4. The molecule has 0 fully saturated rings. The van der Waals surface area contributed by atoms with Gasteiger partial charge in [-0.15, -0.1) is 0 Å². The Hall–Kier alpha value is -2.02. The molecule has 0 aliphatic rings. The largest absolute Gasteiger partial charge is 0.347 e. The van der Waals surface area contributed by atoms with Gasteiger partial charge in [0.05, 0.1) is 11.5 Å². The van der Waals surface area contributed by atoms with Crippen molar-refractivity contribution in [2.24, 2.45) is 0 Å². The Morgan fingerprint density at radius 1 is 1.39 bits per heavy atom. The van der Waals surface area contributed by atoms with Crippen LogP contribution in [0.2, 0.25) is 0 Å². The maximum absolute atomic E-state index is 11.5. The minimum Gasteiger partial charge on any atom is -0.295 e. The van der Waals surface area contributed by atoms with E-state index in [1.807, 2.05) is 0 Å². The normalized spacial score (nSPS) is 10.3. The molecule has 0 saturated heterocycles. The molecule has 18 heavy (non-hydrogen) atoms. The molecule has 0 radical (unpaired) electrons. The summed E-state index contributed by atoms with van der Waals surface area (Å²) >= 11 is 3.19. The highest BCUT2D eigenvalue weighted by Crippen LogP contribution is 2.28. The van der Waals surface area contributed by atoms with Gasteiger partial charge in [0.1, 0.15) is 4.47 Å². The second-order valence-electron chi connectivity index (χ2n) is 3.54. The zero-order chi connectivity index (χ0) is 13.1. The summed E-state index contributed by atoms with van der Waals surface area (Å²) in [6, 6.07) is 6.34. The molecule has 0 aliphatic heterocycles. The van der Waals surface area contributed by atoms with Crippen LogP contribution in [-0.4, -0.2) is 14.5 Å². The molecule has 2 aromatic rings. The van der Waals surface area contributed by atoms with Crippen molar-refractivity contribution in [1.29, 1.82) is 0 Å². The van der Waals surface area contributed by atoms with E-state index in [-0.39, 0.29) is 12.2 Å². The molecule has 0 saturated carbocycles. The van der Waals surface area contributed by atoms with Gasteiger partial charge in [-0.05, 0) is 27.6 Å². The van der Waals surface area contributed by atoms with Gasteiger partial charge < -0.3 is 0 Å². The van der Waals surface area contributed by atoms with E-state index in [9.17, 15) is 14.9 Å². The summed E-state index contributed by atoms with van der Waals surface area (Å²) in [5.74, 6) is 0. The van der Waals surface area contributed by atoms with Gasteiger partial charge in [-0.25, -0.2) is 9.78 Å². The van der Waals surface area contributed by atoms with Crippen molar-refractivity contribution in [3.8, 4) is 0 Å². The van der Waals surface area contributed by atoms with E-state index in [1.165, 1.54) is 16.8 Å². The van der Waals surface area contributed by atoms with E-state index in [0.717, 1.165) is 0 Å². The topological polar surface area (TPSA) is 78.0 Å². The van der Waals surface area contributed by atoms with Crippen LogP contribution in [0.1, 0.15) is 5.56 Å². The van der Waals surface area contributed by atoms with E-state index in [1.54, 1.807) is 24.4 Å². The van der Waals surface area contributed by atoms with Crippen LogP contribution in [-0.2, 0) is 6.54 Å². The van der Waals surface area contributed by atoms with Crippen molar-refractivity contribution in [2.75, 3.05) is 0 Å². The number of hydrogen-bond donors (Lipinski definition) is 0. The number of nitro benzene ring substituents is 1. The fourth-order valence-corrected chi connectivity index (χ4v) is 2.05. The second kappa shape index (κ2) is 5.09. The fraction of sp³-hybridized carbons (Fsp3) is 0.0909. The molecule has 1 aromatic carbocycles. The van der Waals surface area contributed by atoms with Gasteiger partial charge in [-0.1, -0.05) is 12.1 Å². The van der Waals surface area contributed by atoms with Gasteiger partial charge in [-0.2, -0.15) is 0 Å². The highest BCUT2D eigenvalue weighted by molar-refractivity contribution is 9.10. The predicted molar refractivity (Wildman–Crippen MR) is 68.4 cm³/mol. The summed E-state index contributed by atoms with van der Waals surface area (Å²) in [5.41, 5.74) is 0.236. The van der Waals surface area contributed by atoms with Crippen LogP contribution in [0.25, 0.3) is 0 Å². The monoisotopic (exact) mass is 309 g/mol. The lowest BCUT2D eigenvalue weighted by Gasteiger charge is -2.06. The van der Waals surface area contributed by atoms with Gasteiger partial charge in [0, 0.05) is 18.5 Å². The third-order valence-electron chi connectivity index (χ3n) is 2.38. The lowest BCUT2D eigenvalue weighted by Crippen LogP contribution is -2.22. The third kappa shape index (κ3) is 2.45. The van der Waals surface area contributed by atoms with Crippen LogP contribution in [0.3, 0.4) is 0 Å². The first-order chi connectivity index (χ1) is 8.59. The smallest absolute Gasteiger partial charge is 0.295 e. The van der Waals surface area contributed by atoms with Crippen molar-refractivity contribution < 1.29 is 4.92 Å². The Morgan fingerprint density at radius 3 is 2.83 bits per heavy atom. The van der Waals surface area contributed by atoms with E-state index >= 15 is 0 Å². The van der Waals surface area contributed by atoms with Crippen LogP contribution in [0.4, 0.5) is 5.69 Å². The third-order valence-corrected chi connectivity index (χ3v) is 3.29. The van der Waals surface area contributed by atoms with Gasteiger partial charge in [0.15, 0.2) is 0 Å². The summed E-state index contributed by atoms with van der Waals surface area (Å²) in [4.78, 5) is 25.4. The number of hydrogen-bond acceptors (Lipinski definition) is 4. The lowest BCUT2D eigenvalue weighted by molar-refractivity contribution is -0.385. The second-order valence-corrected chi connectivity index (χ2v) is 4.33. The Balaban J connectivity index is 2.42. The Labute approximate surface area is 110 Å². The summed E-state index contributed by atoms with van der Waals surface area (Å²) in [6.07, 6.45) is 2.99.